The summed E-state index contributed by atoms with van der Waals surface area (Å²) in [5, 5.41) is 4.45. The lowest BCUT2D eigenvalue weighted by Crippen LogP contribution is -2.40. The van der Waals surface area contributed by atoms with E-state index < -0.39 is 5.60 Å². The van der Waals surface area contributed by atoms with Crippen LogP contribution >= 0.6 is 0 Å². The largest absolute Gasteiger partial charge is 0.444 e. The smallest absolute Gasteiger partial charge is 0.410 e. The number of carbonyl (C=O) groups is 2. The first kappa shape index (κ1) is 18.9. The van der Waals surface area contributed by atoms with Crippen LogP contribution in [0.2, 0.25) is 0 Å². The molecule has 0 radical (unpaired) electrons. The van der Waals surface area contributed by atoms with E-state index in [9.17, 15) is 9.59 Å². The van der Waals surface area contributed by atoms with Gasteiger partial charge >= 0.3 is 6.09 Å². The third-order valence-electron chi connectivity index (χ3n) is 4.55. The minimum Gasteiger partial charge on any atom is -0.444 e. The number of aryl methyl sites for hydroxylation is 1. The summed E-state index contributed by atoms with van der Waals surface area (Å²) in [6.07, 6.45) is 0.232. The van der Waals surface area contributed by atoms with Gasteiger partial charge in [0.15, 0.2) is 5.69 Å². The Morgan fingerprint density at radius 2 is 1.85 bits per heavy atom. The van der Waals surface area contributed by atoms with E-state index >= 15 is 0 Å². The average Bonchev–Trinajstić information content (AvgIpc) is 2.96. The van der Waals surface area contributed by atoms with Gasteiger partial charge in [-0.25, -0.2) is 4.79 Å². The van der Waals surface area contributed by atoms with E-state index in [2.05, 4.69) is 5.10 Å². The molecule has 2 amide bonds. The molecule has 0 unspecified atom stereocenters. The third kappa shape index (κ3) is 3.97. The van der Waals surface area contributed by atoms with Crippen LogP contribution < -0.4 is 4.90 Å². The van der Waals surface area contributed by atoms with Crippen molar-refractivity contribution < 1.29 is 14.3 Å². The van der Waals surface area contributed by atoms with Crippen molar-refractivity contribution in [2.45, 2.75) is 39.3 Å². The highest BCUT2D eigenvalue weighted by Crippen LogP contribution is 2.25. The van der Waals surface area contributed by atoms with E-state index in [-0.39, 0.29) is 12.0 Å². The molecule has 1 aromatic carbocycles. The van der Waals surface area contributed by atoms with Gasteiger partial charge in [-0.1, -0.05) is 18.2 Å². The fourth-order valence-corrected chi connectivity index (χ4v) is 3.15. The van der Waals surface area contributed by atoms with Crippen LogP contribution in [0.5, 0.6) is 0 Å². The number of anilines is 1. The van der Waals surface area contributed by atoms with E-state index in [1.807, 2.05) is 51.1 Å². The number of hydrogen-bond acceptors (Lipinski definition) is 4. The van der Waals surface area contributed by atoms with Crippen molar-refractivity contribution in [3.63, 3.8) is 0 Å². The van der Waals surface area contributed by atoms with Crippen molar-refractivity contribution in [1.82, 2.24) is 14.7 Å². The molecule has 0 saturated carbocycles. The summed E-state index contributed by atoms with van der Waals surface area (Å²) in [4.78, 5) is 28.6. The number of carbonyl (C=O) groups excluding carboxylic acids is 2. The van der Waals surface area contributed by atoms with E-state index in [0.29, 0.717) is 25.2 Å². The Hall–Kier alpha value is -2.83. The highest BCUT2D eigenvalue weighted by Gasteiger charge is 2.32. The fourth-order valence-electron chi connectivity index (χ4n) is 3.15. The number of ether oxygens (including phenoxy) is 1. The molecule has 1 aromatic heterocycles. The van der Waals surface area contributed by atoms with Gasteiger partial charge in [0.2, 0.25) is 0 Å². The van der Waals surface area contributed by atoms with Crippen molar-refractivity contribution in [3.8, 4) is 0 Å². The number of rotatable bonds is 2. The first-order chi connectivity index (χ1) is 12.7. The molecule has 7 nitrogen and oxygen atoms in total. The van der Waals surface area contributed by atoms with Crippen LogP contribution in [0, 0.1) is 0 Å². The number of hydrogen-bond donors (Lipinski definition) is 0. The lowest BCUT2D eigenvalue weighted by molar-refractivity contribution is 0.0219. The lowest BCUT2D eigenvalue weighted by atomic mass is 10.0. The maximum Gasteiger partial charge on any atom is 0.410 e. The van der Waals surface area contributed by atoms with Crippen LogP contribution in [0.4, 0.5) is 10.5 Å². The van der Waals surface area contributed by atoms with Crippen LogP contribution in [0.25, 0.3) is 0 Å². The maximum absolute atomic E-state index is 13.0. The molecular weight excluding hydrogens is 344 g/mol. The molecule has 0 saturated heterocycles. The quantitative estimate of drug-likeness (QED) is 0.815. The molecule has 144 valence electrons. The molecule has 0 spiro atoms. The molecule has 27 heavy (non-hydrogen) atoms. The average molecular weight is 370 g/mol. The summed E-state index contributed by atoms with van der Waals surface area (Å²) >= 11 is 0. The number of para-hydroxylation sites is 1. The number of benzene rings is 1. The SMILES string of the molecule is CN(C(=O)c1nn(C)c2c1CCN(C(=O)OC(C)(C)C)C2)c1ccccc1. The van der Waals surface area contributed by atoms with Crippen LogP contribution in [-0.2, 0) is 24.8 Å². The molecule has 0 aliphatic carbocycles. The van der Waals surface area contributed by atoms with E-state index in [1.54, 1.807) is 28.6 Å². The fraction of sp³-hybridized carbons (Fsp3) is 0.450. The topological polar surface area (TPSA) is 67.7 Å². The van der Waals surface area contributed by atoms with Gasteiger partial charge < -0.3 is 14.5 Å². The molecule has 0 fully saturated rings. The normalized spacial score (nSPS) is 13.9. The Labute approximate surface area is 159 Å². The summed E-state index contributed by atoms with van der Waals surface area (Å²) in [7, 11) is 3.55. The molecule has 0 atom stereocenters. The minimum absolute atomic E-state index is 0.149. The molecular formula is C20H26N4O3. The van der Waals surface area contributed by atoms with Gasteiger partial charge in [-0.3, -0.25) is 9.48 Å². The van der Waals surface area contributed by atoms with E-state index in [1.165, 1.54) is 0 Å². The minimum atomic E-state index is -0.538. The molecule has 0 N–H and O–H groups in total. The Kier molecular flexibility index (Phi) is 4.95. The second kappa shape index (κ2) is 7.06. The summed E-state index contributed by atoms with van der Waals surface area (Å²) in [6.45, 7) is 6.43. The Balaban J connectivity index is 1.82. The van der Waals surface area contributed by atoms with Crippen LogP contribution in [0.3, 0.4) is 0 Å². The van der Waals surface area contributed by atoms with Crippen LogP contribution in [0.1, 0.15) is 42.5 Å². The standard InChI is InChI=1S/C20H26N4O3/c1-20(2,3)27-19(26)24-12-11-15-16(13-24)23(5)21-17(15)18(25)22(4)14-9-7-6-8-10-14/h6-10H,11-13H2,1-5H3. The lowest BCUT2D eigenvalue weighted by Gasteiger charge is -2.30. The monoisotopic (exact) mass is 370 g/mol. The van der Waals surface area contributed by atoms with Crippen molar-refractivity contribution in [2.75, 3.05) is 18.5 Å². The summed E-state index contributed by atoms with van der Waals surface area (Å²) in [5.74, 6) is -0.149. The van der Waals surface area contributed by atoms with Gasteiger partial charge in [-0.15, -0.1) is 0 Å². The maximum atomic E-state index is 13.0. The predicted molar refractivity (Wildman–Crippen MR) is 103 cm³/mol. The van der Waals surface area contributed by atoms with Crippen molar-refractivity contribution in [3.05, 3.63) is 47.3 Å². The van der Waals surface area contributed by atoms with Gasteiger partial charge in [0, 0.05) is 31.9 Å². The second-order valence-electron chi connectivity index (χ2n) is 7.75. The van der Waals surface area contributed by atoms with Gasteiger partial charge in [0.1, 0.15) is 5.60 Å². The Morgan fingerprint density at radius 3 is 2.48 bits per heavy atom. The third-order valence-corrected chi connectivity index (χ3v) is 4.55. The first-order valence-electron chi connectivity index (χ1n) is 9.03. The molecule has 7 heteroatoms. The number of aromatic nitrogens is 2. The molecule has 0 bridgehead atoms. The Morgan fingerprint density at radius 1 is 1.19 bits per heavy atom. The van der Waals surface area contributed by atoms with Gasteiger partial charge in [0.25, 0.3) is 5.91 Å². The van der Waals surface area contributed by atoms with E-state index in [0.717, 1.165) is 16.9 Å². The molecule has 1 aliphatic rings. The molecule has 1 aliphatic heterocycles. The zero-order valence-corrected chi connectivity index (χ0v) is 16.5. The summed E-state index contributed by atoms with van der Waals surface area (Å²) < 4.78 is 7.16. The van der Waals surface area contributed by atoms with Crippen LogP contribution in [-0.4, -0.2) is 45.9 Å². The number of fused-ring (bicyclic) bond motifs is 1. The molecule has 3 rings (SSSR count). The Bertz CT molecular complexity index is 852. The highest BCUT2D eigenvalue weighted by molar-refractivity contribution is 6.05. The molecule has 2 heterocycles. The second-order valence-corrected chi connectivity index (χ2v) is 7.75. The predicted octanol–water partition coefficient (Wildman–Crippen LogP) is 2.99. The van der Waals surface area contributed by atoms with Crippen molar-refractivity contribution in [1.29, 1.82) is 0 Å². The van der Waals surface area contributed by atoms with Gasteiger partial charge in [-0.05, 0) is 39.3 Å². The van der Waals surface area contributed by atoms with Gasteiger partial charge in [0.05, 0.1) is 12.2 Å². The van der Waals surface area contributed by atoms with Crippen molar-refractivity contribution in [2.24, 2.45) is 7.05 Å². The van der Waals surface area contributed by atoms with E-state index in [4.69, 9.17) is 4.74 Å². The number of amides is 2. The summed E-state index contributed by atoms with van der Waals surface area (Å²) in [6, 6.07) is 9.47. The highest BCUT2D eigenvalue weighted by atomic mass is 16.6. The zero-order valence-electron chi connectivity index (χ0n) is 16.5. The van der Waals surface area contributed by atoms with Crippen LogP contribution in [0.15, 0.2) is 30.3 Å². The number of nitrogens with zero attached hydrogens (tertiary/aromatic N) is 4. The first-order valence-corrected chi connectivity index (χ1v) is 9.03. The zero-order chi connectivity index (χ0) is 19.8. The van der Waals surface area contributed by atoms with Crippen molar-refractivity contribution >= 4 is 17.7 Å². The molecule has 2 aromatic rings. The van der Waals surface area contributed by atoms with Gasteiger partial charge in [-0.2, -0.15) is 5.10 Å². The summed E-state index contributed by atoms with van der Waals surface area (Å²) in [5.41, 5.74) is 2.50.